The van der Waals surface area contributed by atoms with Gasteiger partial charge in [-0.25, -0.2) is 0 Å². The van der Waals surface area contributed by atoms with Gasteiger partial charge in [0.2, 0.25) is 5.76 Å². The standard InChI is InChI=1S/C17H13N3O4/c1-3-18-17(21)14-9-15(19-24-14)22-10-13-11(2)23-20-16(13)12-7-5-4-6-8-12/h1,4-9H,10H2,2H3,(H,18,21). The SMILES string of the molecule is C#CNC(=O)c1cc(OCc2c(-c3ccccc3)noc2C)no1. The molecule has 1 aromatic carbocycles. The van der Waals surface area contributed by atoms with E-state index in [2.05, 4.69) is 15.6 Å². The molecule has 0 aliphatic rings. The Labute approximate surface area is 137 Å². The highest BCUT2D eigenvalue weighted by molar-refractivity contribution is 5.92. The molecule has 24 heavy (non-hydrogen) atoms. The van der Waals surface area contributed by atoms with E-state index in [-0.39, 0.29) is 18.2 Å². The van der Waals surface area contributed by atoms with Gasteiger partial charge in [0.05, 0.1) is 11.6 Å². The molecule has 7 heteroatoms. The zero-order chi connectivity index (χ0) is 16.9. The summed E-state index contributed by atoms with van der Waals surface area (Å²) in [7, 11) is 0. The number of hydrogen-bond donors (Lipinski definition) is 1. The van der Waals surface area contributed by atoms with Crippen LogP contribution in [-0.4, -0.2) is 16.2 Å². The van der Waals surface area contributed by atoms with E-state index < -0.39 is 5.91 Å². The third-order valence-corrected chi connectivity index (χ3v) is 3.29. The van der Waals surface area contributed by atoms with Crippen LogP contribution in [-0.2, 0) is 6.61 Å². The first-order chi connectivity index (χ1) is 11.7. The van der Waals surface area contributed by atoms with Gasteiger partial charge in [0.25, 0.3) is 5.88 Å². The van der Waals surface area contributed by atoms with Gasteiger partial charge >= 0.3 is 5.91 Å². The maximum atomic E-state index is 11.5. The van der Waals surface area contributed by atoms with Crippen molar-refractivity contribution >= 4 is 5.91 Å². The van der Waals surface area contributed by atoms with Crippen LogP contribution in [0.1, 0.15) is 21.9 Å². The molecule has 0 saturated carbocycles. The zero-order valence-electron chi connectivity index (χ0n) is 12.8. The van der Waals surface area contributed by atoms with Crippen molar-refractivity contribution in [2.75, 3.05) is 0 Å². The maximum Gasteiger partial charge on any atom is 0.301 e. The summed E-state index contributed by atoms with van der Waals surface area (Å²) in [6, 6.07) is 13.0. The number of aromatic nitrogens is 2. The average Bonchev–Trinajstić information content (AvgIpc) is 3.21. The summed E-state index contributed by atoms with van der Waals surface area (Å²) in [5, 5.41) is 9.90. The third-order valence-electron chi connectivity index (χ3n) is 3.29. The van der Waals surface area contributed by atoms with Gasteiger partial charge in [0, 0.05) is 11.6 Å². The second-order valence-corrected chi connectivity index (χ2v) is 4.85. The number of benzene rings is 1. The van der Waals surface area contributed by atoms with E-state index in [0.29, 0.717) is 11.5 Å². The number of amides is 1. The second kappa shape index (κ2) is 6.71. The monoisotopic (exact) mass is 323 g/mol. The predicted molar refractivity (Wildman–Crippen MR) is 83.8 cm³/mol. The van der Waals surface area contributed by atoms with E-state index in [1.807, 2.05) is 36.4 Å². The van der Waals surface area contributed by atoms with E-state index in [0.717, 1.165) is 11.1 Å². The number of rotatable bonds is 5. The van der Waals surface area contributed by atoms with Crippen molar-refractivity contribution in [1.82, 2.24) is 15.6 Å². The Morgan fingerprint density at radius 2 is 2.08 bits per heavy atom. The number of terminal acetylenes is 1. The van der Waals surface area contributed by atoms with Crippen molar-refractivity contribution in [3.8, 4) is 29.6 Å². The molecule has 120 valence electrons. The molecule has 1 amide bonds. The van der Waals surface area contributed by atoms with E-state index in [9.17, 15) is 4.79 Å². The Bertz CT molecular complexity index is 890. The molecule has 0 bridgehead atoms. The Morgan fingerprint density at radius 3 is 2.83 bits per heavy atom. The smallest absolute Gasteiger partial charge is 0.301 e. The minimum atomic E-state index is -0.564. The molecule has 3 aromatic rings. The fourth-order valence-corrected chi connectivity index (χ4v) is 2.09. The summed E-state index contributed by atoms with van der Waals surface area (Å²) < 4.78 is 15.7. The van der Waals surface area contributed by atoms with Gasteiger partial charge < -0.3 is 13.8 Å². The Hall–Kier alpha value is -3.53. The van der Waals surface area contributed by atoms with Crippen LogP contribution in [0.3, 0.4) is 0 Å². The van der Waals surface area contributed by atoms with Crippen LogP contribution in [0, 0.1) is 19.4 Å². The fourth-order valence-electron chi connectivity index (χ4n) is 2.09. The Morgan fingerprint density at radius 1 is 1.29 bits per heavy atom. The quantitative estimate of drug-likeness (QED) is 0.573. The van der Waals surface area contributed by atoms with Gasteiger partial charge in [0.15, 0.2) is 0 Å². The lowest BCUT2D eigenvalue weighted by molar-refractivity contribution is 0.0937. The molecule has 2 aromatic heterocycles. The van der Waals surface area contributed by atoms with Crippen LogP contribution in [0.25, 0.3) is 11.3 Å². The number of nitrogens with one attached hydrogen (secondary N) is 1. The lowest BCUT2D eigenvalue weighted by Crippen LogP contribution is -2.16. The summed E-state index contributed by atoms with van der Waals surface area (Å²) in [6.07, 6.45) is 4.99. The molecule has 1 N–H and O–H groups in total. The fraction of sp³-hybridized carbons (Fsp3) is 0.118. The summed E-state index contributed by atoms with van der Waals surface area (Å²) >= 11 is 0. The van der Waals surface area contributed by atoms with Crippen molar-refractivity contribution < 1.29 is 18.6 Å². The maximum absolute atomic E-state index is 11.5. The predicted octanol–water partition coefficient (Wildman–Crippen LogP) is 2.54. The van der Waals surface area contributed by atoms with Crippen molar-refractivity contribution in [3.63, 3.8) is 0 Å². The average molecular weight is 323 g/mol. The van der Waals surface area contributed by atoms with Crippen LogP contribution < -0.4 is 10.1 Å². The molecule has 0 atom stereocenters. The largest absolute Gasteiger partial charge is 0.470 e. The highest BCUT2D eigenvalue weighted by atomic mass is 16.5. The topological polar surface area (TPSA) is 90.4 Å². The van der Waals surface area contributed by atoms with Crippen LogP contribution in [0.15, 0.2) is 45.4 Å². The number of hydrogen-bond acceptors (Lipinski definition) is 6. The normalized spacial score (nSPS) is 10.2. The molecule has 0 radical (unpaired) electrons. The number of carbonyl (C=O) groups excluding carboxylic acids is 1. The number of carbonyl (C=O) groups is 1. The van der Waals surface area contributed by atoms with E-state index in [1.54, 1.807) is 6.92 Å². The van der Waals surface area contributed by atoms with Gasteiger partial charge in [-0.3, -0.25) is 10.1 Å². The molecular weight excluding hydrogens is 310 g/mol. The first-order valence-corrected chi connectivity index (χ1v) is 7.05. The number of ether oxygens (including phenoxy) is 1. The first kappa shape index (κ1) is 15.4. The van der Waals surface area contributed by atoms with Crippen molar-refractivity contribution in [2.45, 2.75) is 13.5 Å². The molecule has 0 aliphatic heterocycles. The van der Waals surface area contributed by atoms with Gasteiger partial charge in [0.1, 0.15) is 18.1 Å². The molecule has 0 fully saturated rings. The van der Waals surface area contributed by atoms with Gasteiger partial charge in [-0.05, 0) is 12.1 Å². The summed E-state index contributed by atoms with van der Waals surface area (Å²) in [5.74, 6) is 0.207. The first-order valence-electron chi connectivity index (χ1n) is 7.05. The highest BCUT2D eigenvalue weighted by Crippen LogP contribution is 2.26. The van der Waals surface area contributed by atoms with Crippen molar-refractivity contribution in [2.24, 2.45) is 0 Å². The summed E-state index contributed by atoms with van der Waals surface area (Å²) in [4.78, 5) is 11.5. The molecule has 0 saturated heterocycles. The van der Waals surface area contributed by atoms with Gasteiger partial charge in [-0.15, -0.1) is 0 Å². The van der Waals surface area contributed by atoms with Crippen LogP contribution in [0.4, 0.5) is 0 Å². The van der Waals surface area contributed by atoms with Crippen LogP contribution in [0.2, 0.25) is 0 Å². The Kier molecular flexibility index (Phi) is 4.29. The minimum absolute atomic E-state index is 0.0340. The Balaban J connectivity index is 1.75. The molecular formula is C17H13N3O4. The molecule has 3 rings (SSSR count). The molecule has 7 nitrogen and oxygen atoms in total. The minimum Gasteiger partial charge on any atom is -0.470 e. The molecule has 0 aliphatic carbocycles. The summed E-state index contributed by atoms with van der Waals surface area (Å²) in [5.41, 5.74) is 2.41. The number of aryl methyl sites for hydroxylation is 1. The van der Waals surface area contributed by atoms with Crippen molar-refractivity contribution in [3.05, 3.63) is 53.5 Å². The van der Waals surface area contributed by atoms with E-state index >= 15 is 0 Å². The van der Waals surface area contributed by atoms with Crippen LogP contribution >= 0.6 is 0 Å². The molecule has 0 unspecified atom stereocenters. The van der Waals surface area contributed by atoms with E-state index in [4.69, 9.17) is 20.2 Å². The molecule has 2 heterocycles. The molecule has 0 spiro atoms. The van der Waals surface area contributed by atoms with E-state index in [1.165, 1.54) is 6.07 Å². The number of nitrogens with zero attached hydrogens (tertiary/aromatic N) is 2. The second-order valence-electron chi connectivity index (χ2n) is 4.85. The van der Waals surface area contributed by atoms with Gasteiger partial charge in [-0.2, -0.15) is 0 Å². The summed E-state index contributed by atoms with van der Waals surface area (Å²) in [6.45, 7) is 1.97. The third kappa shape index (κ3) is 3.13. The van der Waals surface area contributed by atoms with Gasteiger partial charge in [-0.1, -0.05) is 41.9 Å². The highest BCUT2D eigenvalue weighted by Gasteiger charge is 2.17. The van der Waals surface area contributed by atoms with Crippen LogP contribution in [0.5, 0.6) is 5.88 Å². The lowest BCUT2D eigenvalue weighted by Gasteiger charge is -2.03. The van der Waals surface area contributed by atoms with Crippen molar-refractivity contribution in [1.29, 1.82) is 0 Å². The zero-order valence-corrected chi connectivity index (χ0v) is 12.8. The lowest BCUT2D eigenvalue weighted by atomic mass is 10.1.